The topological polar surface area (TPSA) is 43.4 Å². The monoisotopic (exact) mass is 432 g/mol. The van der Waals surface area contributed by atoms with Crippen LogP contribution in [0.5, 0.6) is 0 Å². The lowest BCUT2D eigenvalue weighted by Gasteiger charge is -2.57. The maximum Gasteiger partial charge on any atom is 0.318 e. The average Bonchev–Trinajstić information content (AvgIpc) is 2.97. The summed E-state index contributed by atoms with van der Waals surface area (Å²) in [7, 11) is 0. The molecular formula is C23H29BrO3. The zero-order chi connectivity index (χ0) is 19.2. The highest BCUT2D eigenvalue weighted by molar-refractivity contribution is 9.12. The summed E-state index contributed by atoms with van der Waals surface area (Å²) in [6.07, 6.45) is 10.6. The van der Waals surface area contributed by atoms with E-state index in [4.69, 9.17) is 4.74 Å². The highest BCUT2D eigenvalue weighted by Gasteiger charge is 2.59. The van der Waals surface area contributed by atoms with Gasteiger partial charge in [0.05, 0.1) is 0 Å². The molecular weight excluding hydrogens is 404 g/mol. The first-order valence-corrected chi connectivity index (χ1v) is 11.2. The molecule has 0 heterocycles. The van der Waals surface area contributed by atoms with Crippen molar-refractivity contribution in [3.8, 4) is 10.8 Å². The van der Waals surface area contributed by atoms with Crippen molar-refractivity contribution in [3.63, 3.8) is 0 Å². The highest BCUT2D eigenvalue weighted by atomic mass is 79.9. The molecule has 0 aromatic heterocycles. The van der Waals surface area contributed by atoms with Crippen LogP contribution in [0.3, 0.4) is 0 Å². The molecule has 0 aromatic rings. The van der Waals surface area contributed by atoms with Crippen molar-refractivity contribution in [1.82, 2.24) is 0 Å². The van der Waals surface area contributed by atoms with Gasteiger partial charge in [0.2, 0.25) is 0 Å². The Morgan fingerprint density at radius 2 is 2.00 bits per heavy atom. The Morgan fingerprint density at radius 3 is 2.78 bits per heavy atom. The van der Waals surface area contributed by atoms with Crippen LogP contribution in [0.2, 0.25) is 0 Å². The maximum absolute atomic E-state index is 12.1. The van der Waals surface area contributed by atoms with Gasteiger partial charge in [-0.05, 0) is 79.0 Å². The Balaban J connectivity index is 1.53. The molecule has 4 heteroatoms. The lowest BCUT2D eigenvalue weighted by atomic mass is 9.47. The van der Waals surface area contributed by atoms with Crippen molar-refractivity contribution in [2.45, 2.75) is 77.7 Å². The Hall–Kier alpha value is -1.08. The van der Waals surface area contributed by atoms with Gasteiger partial charge in [0.1, 0.15) is 12.5 Å². The van der Waals surface area contributed by atoms with Gasteiger partial charge in [-0.1, -0.05) is 25.3 Å². The fourth-order valence-corrected chi connectivity index (χ4v) is 7.15. The molecule has 0 radical (unpaired) electrons. The van der Waals surface area contributed by atoms with Gasteiger partial charge in [0.25, 0.3) is 0 Å². The Bertz CT molecular complexity index is 744. The molecule has 3 saturated carbocycles. The summed E-state index contributed by atoms with van der Waals surface area (Å²) in [5.41, 5.74) is 1.72. The average molecular weight is 433 g/mol. The zero-order valence-corrected chi connectivity index (χ0v) is 17.9. The fourth-order valence-electron chi connectivity index (χ4n) is 7.01. The van der Waals surface area contributed by atoms with E-state index in [2.05, 4.69) is 40.5 Å². The molecule has 0 saturated heterocycles. The molecule has 3 fully saturated rings. The van der Waals surface area contributed by atoms with Crippen LogP contribution in [0.25, 0.3) is 0 Å². The van der Waals surface area contributed by atoms with Crippen LogP contribution in [-0.4, -0.2) is 17.9 Å². The van der Waals surface area contributed by atoms with Crippen LogP contribution in [-0.2, 0) is 14.3 Å². The van der Waals surface area contributed by atoms with Crippen molar-refractivity contribution in [1.29, 1.82) is 0 Å². The second kappa shape index (κ2) is 7.07. The number of rotatable bonds is 2. The van der Waals surface area contributed by atoms with E-state index in [0.29, 0.717) is 30.0 Å². The molecule has 146 valence electrons. The number of carbonyl (C=O) groups excluding carboxylic acids is 2. The van der Waals surface area contributed by atoms with Crippen molar-refractivity contribution < 1.29 is 14.3 Å². The van der Waals surface area contributed by atoms with E-state index < -0.39 is 0 Å². The molecule has 4 rings (SSSR count). The van der Waals surface area contributed by atoms with E-state index in [0.717, 1.165) is 32.1 Å². The predicted octanol–water partition coefficient (Wildman–Crippen LogP) is 5.18. The summed E-state index contributed by atoms with van der Waals surface area (Å²) in [5, 5.41) is 0. The van der Waals surface area contributed by atoms with Crippen LogP contribution < -0.4 is 0 Å². The van der Waals surface area contributed by atoms with E-state index in [1.165, 1.54) is 18.4 Å². The molecule has 0 aliphatic heterocycles. The Labute approximate surface area is 170 Å². The van der Waals surface area contributed by atoms with Crippen molar-refractivity contribution in [2.75, 3.05) is 0 Å². The number of hydrogen-bond donors (Lipinski definition) is 0. The summed E-state index contributed by atoms with van der Waals surface area (Å²) in [6, 6.07) is 0. The SMILES string of the molecule is C[C@]12CC[C@H]3[C@@H](CCC4=CC(=O)CC[C@@]43C)[C@@H]1CC[C@@H]2OC(=O)CC#CBr. The number of esters is 1. The van der Waals surface area contributed by atoms with Gasteiger partial charge in [-0.3, -0.25) is 9.59 Å². The molecule has 4 aliphatic rings. The molecule has 27 heavy (non-hydrogen) atoms. The van der Waals surface area contributed by atoms with Crippen LogP contribution in [0.1, 0.15) is 71.6 Å². The van der Waals surface area contributed by atoms with Crippen molar-refractivity contribution in [2.24, 2.45) is 28.6 Å². The van der Waals surface area contributed by atoms with Crippen molar-refractivity contribution >= 4 is 27.7 Å². The minimum atomic E-state index is -0.192. The number of carbonyl (C=O) groups is 2. The second-order valence-corrected chi connectivity index (χ2v) is 9.91. The largest absolute Gasteiger partial charge is 0.461 e. The predicted molar refractivity (Wildman–Crippen MR) is 108 cm³/mol. The summed E-state index contributed by atoms with van der Waals surface area (Å²) >= 11 is 3.04. The minimum Gasteiger partial charge on any atom is -0.461 e. The van der Waals surface area contributed by atoms with Crippen LogP contribution in [0, 0.1) is 39.3 Å². The quantitative estimate of drug-likeness (QED) is 0.446. The number of halogens is 1. The number of ether oxygens (including phenoxy) is 1. The van der Waals surface area contributed by atoms with Gasteiger partial charge < -0.3 is 4.74 Å². The van der Waals surface area contributed by atoms with E-state index in [-0.39, 0.29) is 29.3 Å². The highest BCUT2D eigenvalue weighted by Crippen LogP contribution is 2.65. The third kappa shape index (κ3) is 3.11. The first-order valence-electron chi connectivity index (χ1n) is 10.4. The van der Waals surface area contributed by atoms with E-state index in [9.17, 15) is 9.59 Å². The number of hydrogen-bond acceptors (Lipinski definition) is 3. The van der Waals surface area contributed by atoms with Crippen LogP contribution in [0.4, 0.5) is 0 Å². The van der Waals surface area contributed by atoms with Crippen molar-refractivity contribution in [3.05, 3.63) is 11.6 Å². The Kier molecular flexibility index (Phi) is 5.04. The number of fused-ring (bicyclic) bond motifs is 5. The first-order chi connectivity index (χ1) is 12.9. The molecule has 6 atom stereocenters. The van der Waals surface area contributed by atoms with E-state index in [1.807, 2.05) is 6.08 Å². The Morgan fingerprint density at radius 1 is 1.19 bits per heavy atom. The van der Waals surface area contributed by atoms with Gasteiger partial charge in [0.15, 0.2) is 5.78 Å². The standard InChI is InChI=1S/C23H29BrO3/c1-22-11-9-16(25)14-15(22)5-6-17-18-7-8-20(27-21(26)4-3-13-24)23(18,2)12-10-19(17)22/h14,17-20H,4-12H2,1-2H3/t17-,18-,19-,20-,22-,23-/m0/s1. The van der Waals surface area contributed by atoms with Gasteiger partial charge in [-0.2, -0.15) is 0 Å². The normalized spacial score (nSPS) is 42.8. The lowest BCUT2D eigenvalue weighted by molar-refractivity contribution is -0.158. The summed E-state index contributed by atoms with van der Waals surface area (Å²) in [6.45, 7) is 4.77. The van der Waals surface area contributed by atoms with Gasteiger partial charge in [0, 0.05) is 27.8 Å². The maximum atomic E-state index is 12.1. The molecule has 3 nitrogen and oxygen atoms in total. The third-order valence-corrected chi connectivity index (χ3v) is 8.73. The zero-order valence-electron chi connectivity index (χ0n) is 16.4. The van der Waals surface area contributed by atoms with Gasteiger partial charge >= 0.3 is 5.97 Å². The minimum absolute atomic E-state index is 0.0331. The molecule has 0 amide bonds. The molecule has 0 bridgehead atoms. The van der Waals surface area contributed by atoms with E-state index in [1.54, 1.807) is 0 Å². The lowest BCUT2D eigenvalue weighted by Crippen LogP contribution is -2.51. The van der Waals surface area contributed by atoms with Gasteiger partial charge in [-0.15, -0.1) is 0 Å². The second-order valence-electron chi connectivity index (χ2n) is 9.52. The number of allylic oxidation sites excluding steroid dienone is 1. The molecule has 0 unspecified atom stereocenters. The first kappa shape index (κ1) is 19.2. The molecule has 0 spiro atoms. The fraction of sp³-hybridized carbons (Fsp3) is 0.739. The molecule has 0 aromatic carbocycles. The molecule has 4 aliphatic carbocycles. The summed E-state index contributed by atoms with van der Waals surface area (Å²) < 4.78 is 5.89. The van der Waals surface area contributed by atoms with Crippen LogP contribution >= 0.6 is 15.9 Å². The summed E-state index contributed by atoms with van der Waals surface area (Å²) in [4.78, 5) is 26.7. The smallest absolute Gasteiger partial charge is 0.318 e. The summed E-state index contributed by atoms with van der Waals surface area (Å²) in [5.74, 6) is 4.89. The molecule has 0 N–H and O–H groups in total. The van der Waals surface area contributed by atoms with Gasteiger partial charge in [-0.25, -0.2) is 0 Å². The number of ketones is 1. The van der Waals surface area contributed by atoms with E-state index >= 15 is 0 Å². The third-order valence-electron chi connectivity index (χ3n) is 8.45. The van der Waals surface area contributed by atoms with Crippen LogP contribution in [0.15, 0.2) is 11.6 Å².